The maximum atomic E-state index is 12.4. The van der Waals surface area contributed by atoms with Crippen molar-refractivity contribution in [3.05, 3.63) is 59.7 Å². The lowest BCUT2D eigenvalue weighted by Crippen LogP contribution is -2.45. The Morgan fingerprint density at radius 2 is 1.61 bits per heavy atom. The number of hydrogen-bond donors (Lipinski definition) is 2. The largest absolute Gasteiger partial charge is 0.465 e. The van der Waals surface area contributed by atoms with E-state index < -0.39 is 17.4 Å². The Labute approximate surface area is 211 Å². The molecule has 0 aliphatic heterocycles. The van der Waals surface area contributed by atoms with Crippen LogP contribution in [0.5, 0.6) is 0 Å². The molecule has 0 heterocycles. The minimum Gasteiger partial charge on any atom is -0.465 e. The van der Waals surface area contributed by atoms with Gasteiger partial charge in [0, 0.05) is 5.92 Å². The summed E-state index contributed by atoms with van der Waals surface area (Å²) in [4.78, 5) is 36.7. The number of fused-ring (bicyclic) bond motifs is 3. The van der Waals surface area contributed by atoms with Crippen molar-refractivity contribution in [1.29, 1.82) is 0 Å². The minimum atomic E-state index is -0.656. The summed E-state index contributed by atoms with van der Waals surface area (Å²) < 4.78 is 16.4. The molecule has 2 aliphatic rings. The number of carbonyl (C=O) groups excluding carboxylic acids is 3. The molecule has 2 N–H and O–H groups in total. The molecule has 2 amide bonds. The zero-order valence-electron chi connectivity index (χ0n) is 20.7. The van der Waals surface area contributed by atoms with Gasteiger partial charge in [-0.15, -0.1) is 0 Å². The summed E-state index contributed by atoms with van der Waals surface area (Å²) in [7, 11) is 0. The highest BCUT2D eigenvalue weighted by Gasteiger charge is 2.46. The highest BCUT2D eigenvalue weighted by molar-refractivity contribution is 5.82. The number of esters is 1. The molecule has 36 heavy (non-hydrogen) atoms. The van der Waals surface area contributed by atoms with Crippen molar-refractivity contribution in [3.8, 4) is 11.1 Å². The van der Waals surface area contributed by atoms with Crippen molar-refractivity contribution in [1.82, 2.24) is 10.6 Å². The Morgan fingerprint density at radius 3 is 2.22 bits per heavy atom. The molecule has 0 bridgehead atoms. The van der Waals surface area contributed by atoms with E-state index in [4.69, 9.17) is 14.2 Å². The third-order valence-corrected chi connectivity index (χ3v) is 6.96. The van der Waals surface area contributed by atoms with E-state index in [1.807, 2.05) is 43.3 Å². The molecule has 2 aromatic carbocycles. The van der Waals surface area contributed by atoms with E-state index in [0.29, 0.717) is 6.61 Å². The average molecular weight is 495 g/mol. The monoisotopic (exact) mass is 494 g/mol. The molecule has 0 atom stereocenters. The van der Waals surface area contributed by atoms with E-state index in [1.54, 1.807) is 0 Å². The zero-order valence-corrected chi connectivity index (χ0v) is 20.7. The van der Waals surface area contributed by atoms with Crippen LogP contribution in [-0.2, 0) is 23.8 Å². The number of nitrogens with one attached hydrogen (secondary N) is 2. The van der Waals surface area contributed by atoms with Gasteiger partial charge < -0.3 is 24.8 Å². The third kappa shape index (κ3) is 5.87. The van der Waals surface area contributed by atoms with Crippen LogP contribution in [0.4, 0.5) is 4.79 Å². The van der Waals surface area contributed by atoms with Gasteiger partial charge >= 0.3 is 12.1 Å². The highest BCUT2D eigenvalue weighted by Crippen LogP contribution is 2.44. The molecule has 0 aromatic heterocycles. The summed E-state index contributed by atoms with van der Waals surface area (Å²) >= 11 is 0. The van der Waals surface area contributed by atoms with Gasteiger partial charge in [-0.05, 0) is 41.5 Å². The average Bonchev–Trinajstić information content (AvgIpc) is 3.19. The van der Waals surface area contributed by atoms with E-state index in [1.165, 1.54) is 0 Å². The number of hydrogen-bond acceptors (Lipinski definition) is 6. The van der Waals surface area contributed by atoms with Crippen LogP contribution in [0.1, 0.15) is 56.1 Å². The number of rotatable bonds is 12. The normalized spacial score (nSPS) is 15.2. The fraction of sp³-hybridized carbons (Fsp3) is 0.464. The Bertz CT molecular complexity index is 1040. The van der Waals surface area contributed by atoms with Crippen molar-refractivity contribution in [2.75, 3.05) is 33.1 Å². The maximum Gasteiger partial charge on any atom is 0.407 e. The lowest BCUT2D eigenvalue weighted by Gasteiger charge is -2.38. The fourth-order valence-corrected chi connectivity index (χ4v) is 4.72. The van der Waals surface area contributed by atoms with Crippen LogP contribution in [0.15, 0.2) is 48.5 Å². The molecular formula is C28H34N2O6. The molecule has 0 radical (unpaired) electrons. The number of unbranched alkanes of at least 4 members (excludes halogenated alkanes) is 1. The van der Waals surface area contributed by atoms with Crippen molar-refractivity contribution in [2.24, 2.45) is 5.41 Å². The molecule has 1 fully saturated rings. The first-order valence-corrected chi connectivity index (χ1v) is 12.6. The van der Waals surface area contributed by atoms with Gasteiger partial charge in [0.2, 0.25) is 5.91 Å². The summed E-state index contributed by atoms with van der Waals surface area (Å²) in [6, 6.07) is 16.2. The summed E-state index contributed by atoms with van der Waals surface area (Å²) in [5.41, 5.74) is 3.95. The molecule has 8 nitrogen and oxygen atoms in total. The molecule has 2 aromatic rings. The number of carbonyl (C=O) groups is 3. The Kier molecular flexibility index (Phi) is 8.59. The van der Waals surface area contributed by atoms with Gasteiger partial charge in [0.25, 0.3) is 0 Å². The van der Waals surface area contributed by atoms with Gasteiger partial charge in [-0.1, -0.05) is 68.3 Å². The van der Waals surface area contributed by atoms with Gasteiger partial charge in [0.1, 0.15) is 19.9 Å². The van der Waals surface area contributed by atoms with Gasteiger partial charge in [0.15, 0.2) is 0 Å². The molecule has 2 aliphatic carbocycles. The maximum absolute atomic E-state index is 12.4. The molecule has 0 spiro atoms. The lowest BCUT2D eigenvalue weighted by molar-refractivity contribution is -0.167. The van der Waals surface area contributed by atoms with Crippen molar-refractivity contribution in [2.45, 2.75) is 44.9 Å². The fourth-order valence-electron chi connectivity index (χ4n) is 4.72. The Hall–Kier alpha value is -3.39. The smallest absolute Gasteiger partial charge is 0.407 e. The lowest BCUT2D eigenvalue weighted by atomic mass is 9.69. The quantitative estimate of drug-likeness (QED) is 0.261. The number of benzene rings is 2. The second kappa shape index (κ2) is 12.0. The van der Waals surface area contributed by atoms with E-state index in [9.17, 15) is 14.4 Å². The number of ether oxygens (including phenoxy) is 3. The van der Waals surface area contributed by atoms with Crippen molar-refractivity contribution < 1.29 is 28.6 Å². The first-order chi connectivity index (χ1) is 17.5. The van der Waals surface area contributed by atoms with Crippen molar-refractivity contribution >= 4 is 18.0 Å². The van der Waals surface area contributed by atoms with Crippen molar-refractivity contribution in [3.63, 3.8) is 0 Å². The summed E-state index contributed by atoms with van der Waals surface area (Å²) in [5.74, 6) is -0.667. The standard InChI is InChI=1S/C28H34N2O6/c1-2-3-15-35-26(32)28(13-8-14-28)18-34-19-30-25(31)16-29-27(33)36-17-24-22-11-6-4-9-20(22)21-10-5-7-12-23(21)24/h4-7,9-12,24H,2-3,8,13-19H2,1H3,(H,29,33)(H,30,31). The summed E-state index contributed by atoms with van der Waals surface area (Å²) in [6.07, 6.45) is 3.58. The second-order valence-corrected chi connectivity index (χ2v) is 9.40. The molecule has 4 rings (SSSR count). The number of alkyl carbamates (subject to hydrolysis) is 1. The van der Waals surface area contributed by atoms with Crippen LogP contribution in [0.2, 0.25) is 0 Å². The first-order valence-electron chi connectivity index (χ1n) is 12.6. The first kappa shape index (κ1) is 25.7. The molecular weight excluding hydrogens is 460 g/mol. The zero-order chi connectivity index (χ0) is 25.4. The number of amides is 2. The van der Waals surface area contributed by atoms with Crippen LogP contribution >= 0.6 is 0 Å². The van der Waals surface area contributed by atoms with Crippen LogP contribution in [0.3, 0.4) is 0 Å². The van der Waals surface area contributed by atoms with Gasteiger partial charge in [-0.2, -0.15) is 0 Å². The molecule has 0 unspecified atom stereocenters. The summed E-state index contributed by atoms with van der Waals surface area (Å²) in [5, 5.41) is 5.07. The molecule has 8 heteroatoms. The predicted octanol–water partition coefficient (Wildman–Crippen LogP) is 4.13. The van der Waals surface area contributed by atoms with Gasteiger partial charge in [0.05, 0.1) is 18.6 Å². The van der Waals surface area contributed by atoms with Gasteiger partial charge in [-0.3, -0.25) is 9.59 Å². The van der Waals surface area contributed by atoms with Gasteiger partial charge in [-0.25, -0.2) is 4.79 Å². The third-order valence-electron chi connectivity index (χ3n) is 6.96. The van der Waals surface area contributed by atoms with E-state index in [0.717, 1.165) is 54.4 Å². The predicted molar refractivity (Wildman–Crippen MR) is 134 cm³/mol. The van der Waals surface area contributed by atoms with Crippen LogP contribution in [0.25, 0.3) is 11.1 Å². The Morgan fingerprint density at radius 1 is 0.944 bits per heavy atom. The SMILES string of the molecule is CCCCOC(=O)C1(COCNC(=O)CNC(=O)OCC2c3ccccc3-c3ccccc32)CCC1. The van der Waals surface area contributed by atoms with E-state index >= 15 is 0 Å². The van der Waals surface area contributed by atoms with Crippen LogP contribution in [0, 0.1) is 5.41 Å². The molecule has 1 saturated carbocycles. The van der Waals surface area contributed by atoms with E-state index in [-0.39, 0.29) is 38.4 Å². The second-order valence-electron chi connectivity index (χ2n) is 9.40. The Balaban J connectivity index is 1.15. The molecule has 192 valence electrons. The highest BCUT2D eigenvalue weighted by atomic mass is 16.6. The van der Waals surface area contributed by atoms with E-state index in [2.05, 4.69) is 22.8 Å². The van der Waals surface area contributed by atoms with Crippen LogP contribution < -0.4 is 10.6 Å². The molecule has 0 saturated heterocycles. The minimum absolute atomic E-state index is 0.0436. The topological polar surface area (TPSA) is 103 Å². The van der Waals surface area contributed by atoms with Crippen LogP contribution in [-0.4, -0.2) is 51.1 Å². The summed E-state index contributed by atoms with van der Waals surface area (Å²) in [6.45, 7) is 2.58.